The second kappa shape index (κ2) is 7.39. The quantitative estimate of drug-likeness (QED) is 0.736. The third kappa shape index (κ3) is 4.28. The summed E-state index contributed by atoms with van der Waals surface area (Å²) in [7, 11) is 0. The summed E-state index contributed by atoms with van der Waals surface area (Å²) in [6, 6.07) is 14.3. The summed E-state index contributed by atoms with van der Waals surface area (Å²) in [6.07, 6.45) is 1.08. The van der Waals surface area contributed by atoms with Crippen molar-refractivity contribution >= 4 is 0 Å². The van der Waals surface area contributed by atoms with Crippen molar-refractivity contribution in [3.8, 4) is 11.8 Å². The van der Waals surface area contributed by atoms with Crippen LogP contribution < -0.4 is 4.74 Å². The van der Waals surface area contributed by atoms with Crippen LogP contribution in [0.15, 0.2) is 48.5 Å². The molecule has 4 heteroatoms. The minimum absolute atomic E-state index is 0.353. The molecule has 1 unspecified atom stereocenters. The van der Waals surface area contributed by atoms with Gasteiger partial charge >= 0.3 is 0 Å². The molecular weight excluding hydrogens is 272 g/mol. The lowest BCUT2D eigenvalue weighted by Gasteiger charge is -2.11. The number of ether oxygens (including phenoxy) is 1. The molecule has 0 aliphatic rings. The molecule has 1 atom stereocenters. The molecule has 0 bridgehead atoms. The van der Waals surface area contributed by atoms with Crippen molar-refractivity contribution in [1.29, 1.82) is 5.26 Å². The Hall–Kier alpha value is -2.41. The van der Waals surface area contributed by atoms with E-state index < -0.39 is 5.92 Å². The van der Waals surface area contributed by atoms with Crippen LogP contribution in [0.3, 0.4) is 0 Å². The van der Waals surface area contributed by atoms with Crippen molar-refractivity contribution in [3.63, 3.8) is 0 Å². The zero-order chi connectivity index (χ0) is 15.1. The summed E-state index contributed by atoms with van der Waals surface area (Å²) in [5.74, 6) is -0.763. The van der Waals surface area contributed by atoms with Crippen LogP contribution in [0.25, 0.3) is 0 Å². The van der Waals surface area contributed by atoms with Gasteiger partial charge in [0.05, 0.1) is 18.6 Å². The first-order chi connectivity index (χ1) is 10.2. The summed E-state index contributed by atoms with van der Waals surface area (Å²) in [5, 5.41) is 9.15. The lowest BCUT2D eigenvalue weighted by Crippen LogP contribution is -2.03. The van der Waals surface area contributed by atoms with Gasteiger partial charge in [0.2, 0.25) is 0 Å². The van der Waals surface area contributed by atoms with Crippen LogP contribution in [0.1, 0.15) is 24.3 Å². The van der Waals surface area contributed by atoms with Crippen molar-refractivity contribution in [2.45, 2.75) is 18.8 Å². The average Bonchev–Trinajstić information content (AvgIpc) is 2.49. The summed E-state index contributed by atoms with van der Waals surface area (Å²) < 4.78 is 32.0. The van der Waals surface area contributed by atoms with Crippen molar-refractivity contribution in [2.75, 3.05) is 6.61 Å². The summed E-state index contributed by atoms with van der Waals surface area (Å²) >= 11 is 0. The number of nitrogens with zero attached hydrogens (tertiary/aromatic N) is 1. The lowest BCUT2D eigenvalue weighted by atomic mass is 9.95. The van der Waals surface area contributed by atoms with E-state index >= 15 is 0 Å². The Kier molecular flexibility index (Phi) is 5.28. The van der Waals surface area contributed by atoms with E-state index in [1.807, 2.05) is 0 Å². The van der Waals surface area contributed by atoms with Gasteiger partial charge in [-0.3, -0.25) is 0 Å². The molecule has 2 aromatic carbocycles. The predicted molar refractivity (Wildman–Crippen MR) is 75.9 cm³/mol. The van der Waals surface area contributed by atoms with E-state index in [9.17, 15) is 8.78 Å². The van der Waals surface area contributed by atoms with E-state index in [4.69, 9.17) is 10.00 Å². The molecular formula is C17H15F2NO. The number of benzene rings is 2. The van der Waals surface area contributed by atoms with Crippen molar-refractivity contribution < 1.29 is 13.5 Å². The molecule has 0 fully saturated rings. The number of nitriles is 1. The van der Waals surface area contributed by atoms with Gasteiger partial charge in [-0.1, -0.05) is 24.3 Å². The van der Waals surface area contributed by atoms with E-state index in [0.29, 0.717) is 30.8 Å². The Bertz CT molecular complexity index is 637. The zero-order valence-corrected chi connectivity index (χ0v) is 11.4. The Balaban J connectivity index is 1.85. The molecule has 0 spiro atoms. The van der Waals surface area contributed by atoms with Crippen molar-refractivity contribution in [2.24, 2.45) is 0 Å². The first-order valence-corrected chi connectivity index (χ1v) is 6.73. The highest BCUT2D eigenvalue weighted by Gasteiger charge is 2.14. The van der Waals surface area contributed by atoms with E-state index in [2.05, 4.69) is 6.07 Å². The molecule has 108 valence electrons. The molecule has 0 aromatic heterocycles. The van der Waals surface area contributed by atoms with E-state index in [1.165, 1.54) is 18.2 Å². The fraction of sp³-hybridized carbons (Fsp3) is 0.235. The molecule has 0 amide bonds. The SMILES string of the molecule is N#CC(CCCOc1cccc(F)c1)c1ccccc1F. The van der Waals surface area contributed by atoms with Gasteiger partial charge in [0.15, 0.2) is 0 Å². The zero-order valence-electron chi connectivity index (χ0n) is 11.4. The molecule has 0 saturated carbocycles. The fourth-order valence-electron chi connectivity index (χ4n) is 2.08. The standard InChI is InChI=1S/C17H15F2NO/c18-14-6-3-7-15(11-14)21-10-4-5-13(12-20)16-8-1-2-9-17(16)19/h1-3,6-9,11,13H,4-5,10H2. The monoisotopic (exact) mass is 287 g/mol. The summed E-state index contributed by atoms with van der Waals surface area (Å²) in [4.78, 5) is 0. The van der Waals surface area contributed by atoms with E-state index in [1.54, 1.807) is 30.3 Å². The van der Waals surface area contributed by atoms with E-state index in [-0.39, 0.29) is 11.6 Å². The van der Waals surface area contributed by atoms with Crippen LogP contribution in [-0.2, 0) is 0 Å². The Labute approximate surface area is 122 Å². The van der Waals surface area contributed by atoms with Crippen molar-refractivity contribution in [1.82, 2.24) is 0 Å². The van der Waals surface area contributed by atoms with Crippen LogP contribution >= 0.6 is 0 Å². The Morgan fingerprint density at radius 2 is 1.90 bits per heavy atom. The summed E-state index contributed by atoms with van der Waals surface area (Å²) in [6.45, 7) is 0.357. The largest absolute Gasteiger partial charge is 0.493 e. The fourth-order valence-corrected chi connectivity index (χ4v) is 2.08. The molecule has 0 aliphatic heterocycles. The highest BCUT2D eigenvalue weighted by molar-refractivity contribution is 5.26. The number of halogens is 2. The van der Waals surface area contributed by atoms with Crippen LogP contribution in [0.5, 0.6) is 5.75 Å². The lowest BCUT2D eigenvalue weighted by molar-refractivity contribution is 0.303. The number of hydrogen-bond acceptors (Lipinski definition) is 2. The van der Waals surface area contributed by atoms with Gasteiger partial charge in [0.25, 0.3) is 0 Å². The number of hydrogen-bond donors (Lipinski definition) is 0. The smallest absolute Gasteiger partial charge is 0.127 e. The van der Waals surface area contributed by atoms with Gasteiger partial charge in [0, 0.05) is 11.6 Å². The predicted octanol–water partition coefficient (Wildman–Crippen LogP) is 4.43. The second-order valence-corrected chi connectivity index (χ2v) is 4.65. The highest BCUT2D eigenvalue weighted by atomic mass is 19.1. The van der Waals surface area contributed by atoms with Gasteiger partial charge in [0.1, 0.15) is 17.4 Å². The molecule has 0 saturated heterocycles. The molecule has 2 rings (SSSR count). The van der Waals surface area contributed by atoms with Crippen molar-refractivity contribution in [3.05, 3.63) is 65.7 Å². The molecule has 2 nitrogen and oxygen atoms in total. The molecule has 0 heterocycles. The van der Waals surface area contributed by atoms with Gasteiger partial charge in [-0.2, -0.15) is 5.26 Å². The molecule has 0 N–H and O–H groups in total. The first-order valence-electron chi connectivity index (χ1n) is 6.73. The number of rotatable bonds is 6. The van der Waals surface area contributed by atoms with Gasteiger partial charge < -0.3 is 4.74 Å². The minimum atomic E-state index is -0.498. The Morgan fingerprint density at radius 1 is 1.10 bits per heavy atom. The third-order valence-electron chi connectivity index (χ3n) is 3.14. The second-order valence-electron chi connectivity index (χ2n) is 4.65. The summed E-state index contributed by atoms with van der Waals surface area (Å²) in [5.41, 5.74) is 0.408. The molecule has 0 radical (unpaired) electrons. The third-order valence-corrected chi connectivity index (χ3v) is 3.14. The minimum Gasteiger partial charge on any atom is -0.493 e. The maximum absolute atomic E-state index is 13.6. The van der Waals surface area contributed by atoms with Crippen LogP contribution in [0, 0.1) is 23.0 Å². The maximum Gasteiger partial charge on any atom is 0.127 e. The van der Waals surface area contributed by atoms with Gasteiger partial charge in [-0.25, -0.2) is 8.78 Å². The van der Waals surface area contributed by atoms with Gasteiger partial charge in [-0.15, -0.1) is 0 Å². The maximum atomic E-state index is 13.6. The topological polar surface area (TPSA) is 33.0 Å². The molecule has 0 aliphatic carbocycles. The van der Waals surface area contributed by atoms with E-state index in [0.717, 1.165) is 0 Å². The van der Waals surface area contributed by atoms with Gasteiger partial charge in [-0.05, 0) is 31.0 Å². The van der Waals surface area contributed by atoms with Crippen LogP contribution in [0.4, 0.5) is 8.78 Å². The molecule has 2 aromatic rings. The molecule has 21 heavy (non-hydrogen) atoms. The van der Waals surface area contributed by atoms with Crippen LogP contribution in [0.2, 0.25) is 0 Å². The normalized spacial score (nSPS) is 11.7. The highest BCUT2D eigenvalue weighted by Crippen LogP contribution is 2.23. The first kappa shape index (κ1) is 15.0. The van der Waals surface area contributed by atoms with Crippen LogP contribution in [-0.4, -0.2) is 6.61 Å². The Morgan fingerprint density at radius 3 is 2.62 bits per heavy atom. The average molecular weight is 287 g/mol.